The van der Waals surface area contributed by atoms with E-state index in [-0.39, 0.29) is 24.6 Å². The minimum atomic E-state index is -1.03. The molecule has 0 radical (unpaired) electrons. The van der Waals surface area contributed by atoms with Gasteiger partial charge in [0.2, 0.25) is 6.79 Å². The van der Waals surface area contributed by atoms with Gasteiger partial charge in [-0.05, 0) is 43.7 Å². The highest BCUT2D eigenvalue weighted by Crippen LogP contribution is 2.32. The summed E-state index contributed by atoms with van der Waals surface area (Å²) in [5.41, 5.74) is 1.19. The minimum absolute atomic E-state index is 0.0916. The van der Waals surface area contributed by atoms with Gasteiger partial charge in [-0.25, -0.2) is 4.79 Å². The monoisotopic (exact) mass is 386 g/mol. The van der Waals surface area contributed by atoms with Crippen molar-refractivity contribution in [3.8, 4) is 11.5 Å². The summed E-state index contributed by atoms with van der Waals surface area (Å²) >= 11 is 0. The third-order valence-electron chi connectivity index (χ3n) is 4.19. The number of benzene rings is 2. The fourth-order valence-electron chi connectivity index (χ4n) is 2.65. The van der Waals surface area contributed by atoms with E-state index in [2.05, 4.69) is 5.32 Å². The van der Waals surface area contributed by atoms with Gasteiger partial charge in [0.1, 0.15) is 0 Å². The summed E-state index contributed by atoms with van der Waals surface area (Å²) in [5.74, 6) is 0.0592. The first-order valence-corrected chi connectivity index (χ1v) is 8.47. The maximum absolute atomic E-state index is 12.2. The molecule has 1 unspecified atom stereocenters. The topological polar surface area (TPSA) is 117 Å². The number of carbonyl (C=O) groups is 2. The lowest BCUT2D eigenvalue weighted by atomic mass is 10.1. The number of hydrogen-bond donors (Lipinski definition) is 1. The Hall–Kier alpha value is -3.62. The highest BCUT2D eigenvalue weighted by atomic mass is 16.7. The van der Waals surface area contributed by atoms with Crippen LogP contribution in [0.1, 0.15) is 28.4 Å². The Kier molecular flexibility index (Phi) is 5.44. The molecule has 0 saturated heterocycles. The number of ether oxygens (including phenoxy) is 3. The van der Waals surface area contributed by atoms with E-state index >= 15 is 0 Å². The number of aryl methyl sites for hydroxylation is 1. The second-order valence-electron chi connectivity index (χ2n) is 6.21. The summed E-state index contributed by atoms with van der Waals surface area (Å²) in [6, 6.07) is 9.20. The molecule has 0 aliphatic carbocycles. The van der Waals surface area contributed by atoms with Gasteiger partial charge in [-0.1, -0.05) is 6.07 Å². The Balaban J connectivity index is 1.55. The first kappa shape index (κ1) is 19.2. The second kappa shape index (κ2) is 7.95. The van der Waals surface area contributed by atoms with E-state index in [4.69, 9.17) is 14.2 Å². The van der Waals surface area contributed by atoms with Crippen molar-refractivity contribution < 1.29 is 28.7 Å². The molecule has 1 amide bonds. The Bertz CT molecular complexity index is 942. The van der Waals surface area contributed by atoms with Gasteiger partial charge in [0.15, 0.2) is 17.6 Å². The molecule has 1 heterocycles. The molecule has 0 fully saturated rings. The normalized spacial score (nSPS) is 12.9. The molecular formula is C19H18N2O7. The van der Waals surface area contributed by atoms with Gasteiger partial charge in [-0.2, -0.15) is 0 Å². The minimum Gasteiger partial charge on any atom is -0.454 e. The molecule has 2 aromatic rings. The highest BCUT2D eigenvalue weighted by molar-refractivity contribution is 5.92. The number of nitrogens with one attached hydrogen (secondary N) is 1. The Morgan fingerprint density at radius 1 is 1.21 bits per heavy atom. The van der Waals surface area contributed by atoms with Gasteiger partial charge in [-0.3, -0.25) is 14.9 Å². The van der Waals surface area contributed by atoms with Crippen molar-refractivity contribution in [3.05, 3.63) is 63.2 Å². The van der Waals surface area contributed by atoms with Crippen LogP contribution in [0.2, 0.25) is 0 Å². The van der Waals surface area contributed by atoms with Gasteiger partial charge in [0, 0.05) is 18.2 Å². The van der Waals surface area contributed by atoms with E-state index < -0.39 is 22.9 Å². The zero-order valence-electron chi connectivity index (χ0n) is 15.3. The summed E-state index contributed by atoms with van der Waals surface area (Å²) < 4.78 is 15.7. The fourth-order valence-corrected chi connectivity index (χ4v) is 2.65. The zero-order valence-corrected chi connectivity index (χ0v) is 15.3. The second-order valence-corrected chi connectivity index (χ2v) is 6.21. The SMILES string of the molecule is Cc1cc(C(=O)OC(C)C(=O)NCc2ccc3c(c2)OCO3)ccc1[N+](=O)[O-]. The summed E-state index contributed by atoms with van der Waals surface area (Å²) in [6.45, 7) is 3.37. The van der Waals surface area contributed by atoms with Crippen LogP contribution >= 0.6 is 0 Å². The van der Waals surface area contributed by atoms with Gasteiger partial charge in [0.25, 0.3) is 11.6 Å². The van der Waals surface area contributed by atoms with E-state index in [1.54, 1.807) is 18.2 Å². The maximum Gasteiger partial charge on any atom is 0.338 e. The van der Waals surface area contributed by atoms with Crippen molar-refractivity contribution in [1.82, 2.24) is 5.32 Å². The van der Waals surface area contributed by atoms with E-state index in [1.165, 1.54) is 32.0 Å². The van der Waals surface area contributed by atoms with Crippen LogP contribution < -0.4 is 14.8 Å². The zero-order chi connectivity index (χ0) is 20.3. The summed E-state index contributed by atoms with van der Waals surface area (Å²) in [4.78, 5) is 34.7. The van der Waals surface area contributed by atoms with Gasteiger partial charge in [-0.15, -0.1) is 0 Å². The Labute approximate surface area is 160 Å². The van der Waals surface area contributed by atoms with E-state index in [9.17, 15) is 19.7 Å². The lowest BCUT2D eigenvalue weighted by Gasteiger charge is -2.14. The summed E-state index contributed by atoms with van der Waals surface area (Å²) in [5, 5.41) is 13.5. The first-order chi connectivity index (χ1) is 13.3. The van der Waals surface area contributed by atoms with Crippen molar-refractivity contribution in [2.45, 2.75) is 26.5 Å². The molecule has 0 spiro atoms. The number of amides is 1. The Morgan fingerprint density at radius 2 is 1.96 bits per heavy atom. The molecule has 0 aromatic heterocycles. The summed E-state index contributed by atoms with van der Waals surface area (Å²) in [7, 11) is 0. The standard InChI is InChI=1S/C19H18N2O7/c1-11-7-14(4-5-15(11)21(24)25)19(23)28-12(2)18(22)20-9-13-3-6-16-17(8-13)27-10-26-16/h3-8,12H,9-10H2,1-2H3,(H,20,22). The molecule has 1 atom stereocenters. The number of carbonyl (C=O) groups excluding carboxylic acids is 2. The molecule has 1 aliphatic rings. The highest BCUT2D eigenvalue weighted by Gasteiger charge is 2.21. The molecule has 1 aliphatic heterocycles. The third-order valence-corrected chi connectivity index (χ3v) is 4.19. The van der Waals surface area contributed by atoms with Gasteiger partial charge in [0.05, 0.1) is 10.5 Å². The number of esters is 1. The molecule has 9 nitrogen and oxygen atoms in total. The number of nitrogens with zero attached hydrogens (tertiary/aromatic N) is 1. The first-order valence-electron chi connectivity index (χ1n) is 8.47. The third kappa shape index (κ3) is 4.20. The van der Waals surface area contributed by atoms with Crippen molar-refractivity contribution in [2.75, 3.05) is 6.79 Å². The molecular weight excluding hydrogens is 368 g/mol. The predicted molar refractivity (Wildman–Crippen MR) is 97.1 cm³/mol. The van der Waals surface area contributed by atoms with Crippen LogP contribution in [0.15, 0.2) is 36.4 Å². The van der Waals surface area contributed by atoms with Crippen LogP contribution in [0.3, 0.4) is 0 Å². The van der Waals surface area contributed by atoms with Crippen LogP contribution in [-0.2, 0) is 16.1 Å². The van der Waals surface area contributed by atoms with E-state index in [0.29, 0.717) is 17.1 Å². The van der Waals surface area contributed by atoms with E-state index in [0.717, 1.165) is 5.56 Å². The van der Waals surface area contributed by atoms with E-state index in [1.807, 2.05) is 0 Å². The Morgan fingerprint density at radius 3 is 2.68 bits per heavy atom. The molecule has 2 aromatic carbocycles. The summed E-state index contributed by atoms with van der Waals surface area (Å²) in [6.07, 6.45) is -1.03. The van der Waals surface area contributed by atoms with Crippen molar-refractivity contribution in [1.29, 1.82) is 0 Å². The number of hydrogen-bond acceptors (Lipinski definition) is 7. The average Bonchev–Trinajstić information content (AvgIpc) is 3.13. The van der Waals surface area contributed by atoms with Crippen molar-refractivity contribution in [3.63, 3.8) is 0 Å². The molecule has 1 N–H and O–H groups in total. The smallest absolute Gasteiger partial charge is 0.338 e. The number of rotatable bonds is 6. The van der Waals surface area contributed by atoms with Gasteiger partial charge >= 0.3 is 5.97 Å². The molecule has 28 heavy (non-hydrogen) atoms. The average molecular weight is 386 g/mol. The number of fused-ring (bicyclic) bond motifs is 1. The quantitative estimate of drug-likeness (QED) is 0.460. The molecule has 3 rings (SSSR count). The maximum atomic E-state index is 12.2. The molecule has 9 heteroatoms. The number of nitro groups is 1. The van der Waals surface area contributed by atoms with Crippen molar-refractivity contribution >= 4 is 17.6 Å². The van der Waals surface area contributed by atoms with Crippen LogP contribution in [0.4, 0.5) is 5.69 Å². The van der Waals surface area contributed by atoms with Crippen LogP contribution in [0, 0.1) is 17.0 Å². The van der Waals surface area contributed by atoms with Crippen LogP contribution in [0.5, 0.6) is 11.5 Å². The van der Waals surface area contributed by atoms with Crippen molar-refractivity contribution in [2.24, 2.45) is 0 Å². The van der Waals surface area contributed by atoms with Crippen LogP contribution in [-0.4, -0.2) is 29.7 Å². The lowest BCUT2D eigenvalue weighted by Crippen LogP contribution is -2.35. The predicted octanol–water partition coefficient (Wildman–Crippen LogP) is 2.49. The largest absolute Gasteiger partial charge is 0.454 e. The van der Waals surface area contributed by atoms with Crippen LogP contribution in [0.25, 0.3) is 0 Å². The molecule has 146 valence electrons. The fraction of sp³-hybridized carbons (Fsp3) is 0.263. The lowest BCUT2D eigenvalue weighted by molar-refractivity contribution is -0.385. The number of nitro benzene ring substituents is 1. The molecule has 0 saturated carbocycles. The van der Waals surface area contributed by atoms with Gasteiger partial charge < -0.3 is 19.5 Å². The molecule has 0 bridgehead atoms.